The van der Waals surface area contributed by atoms with Crippen molar-refractivity contribution in [2.24, 2.45) is 17.6 Å². The highest BCUT2D eigenvalue weighted by atomic mass is 32.1. The molecule has 0 spiro atoms. The number of alkyl carbamates (subject to hydrolysis) is 1. The number of benzene rings is 2. The van der Waals surface area contributed by atoms with E-state index in [2.05, 4.69) is 84.2 Å². The van der Waals surface area contributed by atoms with Crippen molar-refractivity contribution >= 4 is 60.3 Å². The maximum absolute atomic E-state index is 12.0. The van der Waals surface area contributed by atoms with Crippen LogP contribution in [0.5, 0.6) is 0 Å². The van der Waals surface area contributed by atoms with Crippen molar-refractivity contribution in [3.63, 3.8) is 0 Å². The Balaban J connectivity index is 0.000000174. The molecule has 55 heavy (non-hydrogen) atoms. The summed E-state index contributed by atoms with van der Waals surface area (Å²) in [6, 6.07) is 18.6. The SMILES string of the molecule is CC(C)(C)OC(=O)NC1CCC(CCN2CCN(c3cccc4ccsc34)CC2)CC1.NC1CCC(CCN2CCN(c3cccc4ccsc34)CC2)CC1. The Morgan fingerprint density at radius 3 is 1.58 bits per heavy atom. The van der Waals surface area contributed by atoms with Crippen LogP contribution in [0.25, 0.3) is 20.2 Å². The molecule has 2 aliphatic carbocycles. The fourth-order valence-electron chi connectivity index (χ4n) is 9.15. The highest BCUT2D eigenvalue weighted by Gasteiger charge is 2.27. The number of rotatable bonds is 9. The molecule has 2 saturated heterocycles. The molecule has 8 rings (SSSR count). The molecule has 0 unspecified atom stereocenters. The number of hydrogen-bond donors (Lipinski definition) is 2. The summed E-state index contributed by atoms with van der Waals surface area (Å²) in [4.78, 5) is 22.4. The van der Waals surface area contributed by atoms with Crippen molar-refractivity contribution in [1.29, 1.82) is 0 Å². The Kier molecular flexibility index (Phi) is 14.0. The van der Waals surface area contributed by atoms with Gasteiger partial charge in [0.05, 0.1) is 20.8 Å². The van der Waals surface area contributed by atoms with Gasteiger partial charge in [0, 0.05) is 64.4 Å². The number of hydrogen-bond acceptors (Lipinski definition) is 9. The van der Waals surface area contributed by atoms with Gasteiger partial charge in [-0.15, -0.1) is 22.7 Å². The second kappa shape index (κ2) is 19.0. The van der Waals surface area contributed by atoms with E-state index >= 15 is 0 Å². The van der Waals surface area contributed by atoms with E-state index in [1.807, 2.05) is 43.4 Å². The molecular formula is C45H66N6O2S2. The van der Waals surface area contributed by atoms with Crippen molar-refractivity contribution in [2.75, 3.05) is 75.2 Å². The van der Waals surface area contributed by atoms with Gasteiger partial charge < -0.3 is 25.6 Å². The van der Waals surface area contributed by atoms with Crippen LogP contribution in [0.1, 0.15) is 85.0 Å². The van der Waals surface area contributed by atoms with E-state index in [-0.39, 0.29) is 12.1 Å². The second-order valence-electron chi connectivity index (χ2n) is 17.6. The van der Waals surface area contributed by atoms with Crippen molar-refractivity contribution < 1.29 is 9.53 Å². The third kappa shape index (κ3) is 11.4. The van der Waals surface area contributed by atoms with E-state index in [0.717, 1.165) is 63.9 Å². The molecule has 4 aromatic rings. The monoisotopic (exact) mass is 786 g/mol. The summed E-state index contributed by atoms with van der Waals surface area (Å²) in [5, 5.41) is 10.2. The van der Waals surface area contributed by atoms with Crippen LogP contribution in [0.3, 0.4) is 0 Å². The lowest BCUT2D eigenvalue weighted by Gasteiger charge is -2.37. The molecule has 8 nitrogen and oxygen atoms in total. The molecule has 2 aromatic heterocycles. The lowest BCUT2D eigenvalue weighted by molar-refractivity contribution is 0.0485. The van der Waals surface area contributed by atoms with E-state index in [1.165, 1.54) is 109 Å². The molecule has 2 aliphatic heterocycles. The molecule has 4 heterocycles. The van der Waals surface area contributed by atoms with Crippen molar-refractivity contribution in [3.05, 3.63) is 59.3 Å². The highest BCUT2D eigenvalue weighted by molar-refractivity contribution is 7.18. The van der Waals surface area contributed by atoms with Crippen LogP contribution in [-0.4, -0.2) is 99.0 Å². The van der Waals surface area contributed by atoms with E-state index in [1.54, 1.807) is 0 Å². The maximum atomic E-state index is 12.0. The topological polar surface area (TPSA) is 77.3 Å². The molecule has 0 atom stereocenters. The summed E-state index contributed by atoms with van der Waals surface area (Å²) in [5.41, 5.74) is 8.43. The normalized spacial score (nSPS) is 24.4. The van der Waals surface area contributed by atoms with Crippen LogP contribution >= 0.6 is 22.7 Å². The molecule has 300 valence electrons. The van der Waals surface area contributed by atoms with Crippen LogP contribution in [-0.2, 0) is 4.74 Å². The average molecular weight is 787 g/mol. The zero-order valence-electron chi connectivity index (χ0n) is 33.7. The standard InChI is InChI=1S/C25H37N3O2S.C20H29N3S/c1-25(2,3)30-24(29)26-21-9-7-19(8-10-21)11-13-27-14-16-28(17-15-27)22-6-4-5-20-12-18-31-23(20)22;21-18-6-4-16(5-7-18)8-10-22-11-13-23(14-12-22)19-3-1-2-17-9-15-24-20(17)19/h4-6,12,18-19,21H,7-11,13-17H2,1-3H3,(H,26,29);1-3,9,15-16,18H,4-8,10-14,21H2. The first kappa shape index (κ1) is 40.3. The molecule has 0 bridgehead atoms. The van der Waals surface area contributed by atoms with Crippen LogP contribution in [0.4, 0.5) is 16.2 Å². The minimum absolute atomic E-state index is 0.271. The number of carbonyl (C=O) groups is 1. The molecular weight excluding hydrogens is 721 g/mol. The number of thiophene rings is 2. The second-order valence-corrected chi connectivity index (χ2v) is 19.4. The minimum atomic E-state index is -0.429. The zero-order chi connectivity index (χ0) is 38.2. The molecule has 10 heteroatoms. The number of fused-ring (bicyclic) bond motifs is 2. The fourth-order valence-corrected chi connectivity index (χ4v) is 11.0. The first-order chi connectivity index (χ1) is 26.7. The van der Waals surface area contributed by atoms with Crippen molar-refractivity contribution in [2.45, 2.75) is 103 Å². The molecule has 4 aliphatic rings. The van der Waals surface area contributed by atoms with Gasteiger partial charge in [0.2, 0.25) is 0 Å². The largest absolute Gasteiger partial charge is 0.444 e. The number of anilines is 2. The van der Waals surface area contributed by atoms with E-state index in [4.69, 9.17) is 10.5 Å². The fraction of sp³-hybridized carbons (Fsp3) is 0.622. The Morgan fingerprint density at radius 1 is 0.673 bits per heavy atom. The highest BCUT2D eigenvalue weighted by Crippen LogP contribution is 2.34. The first-order valence-electron chi connectivity index (χ1n) is 21.3. The Labute approximate surface area is 338 Å². The smallest absolute Gasteiger partial charge is 0.407 e. The van der Waals surface area contributed by atoms with Crippen LogP contribution in [0.15, 0.2) is 59.3 Å². The molecule has 0 radical (unpaired) electrons. The number of nitrogens with zero attached hydrogens (tertiary/aromatic N) is 4. The summed E-state index contributed by atoms with van der Waals surface area (Å²) in [5.74, 6) is 1.71. The summed E-state index contributed by atoms with van der Waals surface area (Å²) in [6.07, 6.45) is 12.1. The summed E-state index contributed by atoms with van der Waals surface area (Å²) >= 11 is 3.73. The third-order valence-corrected chi connectivity index (χ3v) is 14.4. The summed E-state index contributed by atoms with van der Waals surface area (Å²) in [7, 11) is 0. The number of nitrogens with two attached hydrogens (primary N) is 1. The Hall–Kier alpha value is -2.89. The van der Waals surface area contributed by atoms with Crippen molar-refractivity contribution in [1.82, 2.24) is 15.1 Å². The Morgan fingerprint density at radius 2 is 1.13 bits per heavy atom. The van der Waals surface area contributed by atoms with Gasteiger partial charge in [0.25, 0.3) is 0 Å². The van der Waals surface area contributed by atoms with Gasteiger partial charge >= 0.3 is 6.09 Å². The predicted octanol–water partition coefficient (Wildman–Crippen LogP) is 9.43. The van der Waals surface area contributed by atoms with Gasteiger partial charge in [0.15, 0.2) is 0 Å². The lowest BCUT2D eigenvalue weighted by atomic mass is 9.84. The predicted molar refractivity (Wildman–Crippen MR) is 235 cm³/mol. The molecule has 3 N–H and O–H groups in total. The van der Waals surface area contributed by atoms with Gasteiger partial charge in [-0.2, -0.15) is 0 Å². The molecule has 2 aromatic carbocycles. The number of nitrogens with one attached hydrogen (secondary N) is 1. The van der Waals surface area contributed by atoms with E-state index in [9.17, 15) is 4.79 Å². The minimum Gasteiger partial charge on any atom is -0.444 e. The number of ether oxygens (including phenoxy) is 1. The van der Waals surface area contributed by atoms with E-state index in [0.29, 0.717) is 6.04 Å². The molecule has 4 fully saturated rings. The van der Waals surface area contributed by atoms with Gasteiger partial charge in [-0.25, -0.2) is 4.79 Å². The number of carbonyl (C=O) groups excluding carboxylic acids is 1. The van der Waals surface area contributed by atoms with Crippen LogP contribution < -0.4 is 20.9 Å². The van der Waals surface area contributed by atoms with Gasteiger partial charge in [-0.1, -0.05) is 24.3 Å². The summed E-state index contributed by atoms with van der Waals surface area (Å²) in [6.45, 7) is 17.5. The molecule has 1 amide bonds. The first-order valence-corrected chi connectivity index (χ1v) is 23.0. The molecule has 2 saturated carbocycles. The van der Waals surface area contributed by atoms with Gasteiger partial charge in [0.1, 0.15) is 5.60 Å². The number of piperazine rings is 2. The average Bonchev–Trinajstić information content (AvgIpc) is 3.88. The maximum Gasteiger partial charge on any atom is 0.407 e. The van der Waals surface area contributed by atoms with Crippen molar-refractivity contribution in [3.8, 4) is 0 Å². The lowest BCUT2D eigenvalue weighted by Crippen LogP contribution is -2.47. The van der Waals surface area contributed by atoms with Crippen LogP contribution in [0, 0.1) is 11.8 Å². The zero-order valence-corrected chi connectivity index (χ0v) is 35.4. The third-order valence-electron chi connectivity index (χ3n) is 12.5. The van der Waals surface area contributed by atoms with Crippen LogP contribution in [0.2, 0.25) is 0 Å². The summed E-state index contributed by atoms with van der Waals surface area (Å²) < 4.78 is 8.27. The van der Waals surface area contributed by atoms with E-state index < -0.39 is 5.60 Å². The van der Waals surface area contributed by atoms with Gasteiger partial charge in [-0.3, -0.25) is 9.80 Å². The Bertz CT molecular complexity index is 1770. The number of amides is 1. The quantitative estimate of drug-likeness (QED) is 0.175. The van der Waals surface area contributed by atoms with Gasteiger partial charge in [-0.05, 0) is 156 Å².